The fourth-order valence-electron chi connectivity index (χ4n) is 4.44. The number of carbonyl (C=O) groups is 1. The van der Waals surface area contributed by atoms with E-state index in [9.17, 15) is 4.79 Å². The van der Waals surface area contributed by atoms with Gasteiger partial charge < -0.3 is 10.6 Å². The van der Waals surface area contributed by atoms with Gasteiger partial charge in [-0.15, -0.1) is 0 Å². The molecule has 1 aliphatic heterocycles. The number of carbonyl (C=O) groups excluding carboxylic acids is 1. The van der Waals surface area contributed by atoms with Gasteiger partial charge >= 0.3 is 0 Å². The summed E-state index contributed by atoms with van der Waals surface area (Å²) in [6.45, 7) is 6.46. The van der Waals surface area contributed by atoms with Crippen molar-refractivity contribution in [3.8, 4) is 0 Å². The lowest BCUT2D eigenvalue weighted by atomic mass is 9.84. The predicted octanol–water partition coefficient (Wildman–Crippen LogP) is 1.86. The second-order valence-corrected chi connectivity index (χ2v) is 7.01. The fourth-order valence-corrected chi connectivity index (χ4v) is 4.44. The van der Waals surface area contributed by atoms with E-state index in [1.165, 1.54) is 25.7 Å². The van der Waals surface area contributed by atoms with E-state index in [4.69, 9.17) is 5.73 Å². The van der Waals surface area contributed by atoms with Crippen molar-refractivity contribution in [1.29, 1.82) is 0 Å². The number of amides is 1. The zero-order valence-electron chi connectivity index (χ0n) is 11.6. The molecule has 0 aromatic heterocycles. The summed E-state index contributed by atoms with van der Waals surface area (Å²) in [5, 5.41) is 0. The zero-order valence-corrected chi connectivity index (χ0v) is 11.6. The van der Waals surface area contributed by atoms with E-state index < -0.39 is 0 Å². The van der Waals surface area contributed by atoms with E-state index in [-0.39, 0.29) is 12.0 Å². The van der Waals surface area contributed by atoms with Crippen molar-refractivity contribution in [1.82, 2.24) is 4.90 Å². The minimum Gasteiger partial charge on any atom is -0.342 e. The molecule has 1 saturated heterocycles. The van der Waals surface area contributed by atoms with Crippen molar-refractivity contribution in [3.63, 3.8) is 0 Å². The first-order valence-corrected chi connectivity index (χ1v) is 7.62. The molecule has 18 heavy (non-hydrogen) atoms. The summed E-state index contributed by atoms with van der Waals surface area (Å²) < 4.78 is 0. The van der Waals surface area contributed by atoms with E-state index in [0.29, 0.717) is 29.6 Å². The molecular weight excluding hydrogens is 224 g/mol. The van der Waals surface area contributed by atoms with Crippen LogP contribution in [-0.2, 0) is 4.79 Å². The van der Waals surface area contributed by atoms with Gasteiger partial charge in [0.2, 0.25) is 5.91 Å². The summed E-state index contributed by atoms with van der Waals surface area (Å²) in [5.74, 6) is 3.14. The summed E-state index contributed by atoms with van der Waals surface area (Å²) in [7, 11) is 0. The molecule has 102 valence electrons. The van der Waals surface area contributed by atoms with Crippen molar-refractivity contribution >= 4 is 5.91 Å². The molecule has 1 amide bonds. The molecule has 0 aromatic carbocycles. The van der Waals surface area contributed by atoms with Crippen LogP contribution in [0.15, 0.2) is 0 Å². The molecule has 2 saturated carbocycles. The molecule has 3 fully saturated rings. The molecule has 2 N–H and O–H groups in total. The molecule has 2 aliphatic carbocycles. The minimum absolute atomic E-state index is 0.148. The number of likely N-dealkylation sites (tertiary alicyclic amines) is 1. The van der Waals surface area contributed by atoms with Crippen LogP contribution < -0.4 is 5.73 Å². The van der Waals surface area contributed by atoms with Crippen LogP contribution in [0.25, 0.3) is 0 Å². The normalized spacial score (nSPS) is 43.1. The van der Waals surface area contributed by atoms with Gasteiger partial charge in [-0.2, -0.15) is 0 Å². The third-order valence-corrected chi connectivity index (χ3v) is 5.74. The second kappa shape index (κ2) is 4.52. The Balaban J connectivity index is 1.65. The maximum atomic E-state index is 12.7. The van der Waals surface area contributed by atoms with E-state index in [1.54, 1.807) is 0 Å². The SMILES string of the molecule is CC(C)C1CCN(C(=O)C2C3CCC(C3)C2N)C1. The van der Waals surface area contributed by atoms with Crippen molar-refractivity contribution in [2.75, 3.05) is 13.1 Å². The smallest absolute Gasteiger partial charge is 0.227 e. The molecular formula is C15H26N2O. The number of rotatable bonds is 2. The minimum atomic E-state index is 0.148. The van der Waals surface area contributed by atoms with Crippen LogP contribution >= 0.6 is 0 Å². The van der Waals surface area contributed by atoms with Gasteiger partial charge in [-0.1, -0.05) is 13.8 Å². The predicted molar refractivity (Wildman–Crippen MR) is 71.8 cm³/mol. The summed E-state index contributed by atoms with van der Waals surface area (Å²) in [6.07, 6.45) is 4.87. The maximum absolute atomic E-state index is 12.7. The van der Waals surface area contributed by atoms with Crippen LogP contribution in [0.1, 0.15) is 39.5 Å². The molecule has 3 heteroatoms. The first-order valence-electron chi connectivity index (χ1n) is 7.62. The van der Waals surface area contributed by atoms with Gasteiger partial charge in [0.05, 0.1) is 5.92 Å². The molecule has 5 unspecified atom stereocenters. The van der Waals surface area contributed by atoms with Crippen LogP contribution in [0.4, 0.5) is 0 Å². The van der Waals surface area contributed by atoms with E-state index in [1.807, 2.05) is 0 Å². The van der Waals surface area contributed by atoms with Crippen LogP contribution in [0.5, 0.6) is 0 Å². The van der Waals surface area contributed by atoms with Crippen LogP contribution in [0.2, 0.25) is 0 Å². The second-order valence-electron chi connectivity index (χ2n) is 7.01. The number of hydrogen-bond donors (Lipinski definition) is 1. The lowest BCUT2D eigenvalue weighted by Gasteiger charge is -2.31. The summed E-state index contributed by atoms with van der Waals surface area (Å²) in [6, 6.07) is 0.148. The first kappa shape index (κ1) is 12.5. The van der Waals surface area contributed by atoms with Gasteiger partial charge in [-0.25, -0.2) is 0 Å². The number of fused-ring (bicyclic) bond motifs is 2. The Kier molecular flexibility index (Phi) is 3.13. The highest BCUT2D eigenvalue weighted by Crippen LogP contribution is 2.48. The van der Waals surface area contributed by atoms with Gasteiger partial charge in [0, 0.05) is 19.1 Å². The van der Waals surface area contributed by atoms with Gasteiger partial charge in [0.15, 0.2) is 0 Å². The Morgan fingerprint density at radius 3 is 2.50 bits per heavy atom. The molecule has 0 radical (unpaired) electrons. The highest BCUT2D eigenvalue weighted by molar-refractivity contribution is 5.81. The summed E-state index contributed by atoms with van der Waals surface area (Å²) in [4.78, 5) is 14.8. The number of hydrogen-bond acceptors (Lipinski definition) is 2. The molecule has 3 rings (SSSR count). The highest BCUT2D eigenvalue weighted by atomic mass is 16.2. The average molecular weight is 250 g/mol. The first-order chi connectivity index (χ1) is 8.58. The molecule has 5 atom stereocenters. The van der Waals surface area contributed by atoms with E-state index in [0.717, 1.165) is 13.1 Å². The van der Waals surface area contributed by atoms with Crippen LogP contribution in [0, 0.1) is 29.6 Å². The van der Waals surface area contributed by atoms with Crippen molar-refractivity contribution in [2.24, 2.45) is 35.3 Å². The molecule has 3 aliphatic rings. The van der Waals surface area contributed by atoms with Crippen LogP contribution in [0.3, 0.4) is 0 Å². The fraction of sp³-hybridized carbons (Fsp3) is 0.933. The molecule has 0 aromatic rings. The maximum Gasteiger partial charge on any atom is 0.227 e. The van der Waals surface area contributed by atoms with Gasteiger partial charge in [-0.05, 0) is 49.4 Å². The number of nitrogens with zero attached hydrogens (tertiary/aromatic N) is 1. The van der Waals surface area contributed by atoms with E-state index >= 15 is 0 Å². The van der Waals surface area contributed by atoms with E-state index in [2.05, 4.69) is 18.7 Å². The Morgan fingerprint density at radius 1 is 1.22 bits per heavy atom. The Labute approximate surface area is 110 Å². The summed E-state index contributed by atoms with van der Waals surface area (Å²) >= 11 is 0. The molecule has 3 nitrogen and oxygen atoms in total. The Morgan fingerprint density at radius 2 is 1.94 bits per heavy atom. The Hall–Kier alpha value is -0.570. The monoisotopic (exact) mass is 250 g/mol. The van der Waals surface area contributed by atoms with Crippen molar-refractivity contribution in [3.05, 3.63) is 0 Å². The Bertz CT molecular complexity index is 339. The third-order valence-electron chi connectivity index (χ3n) is 5.74. The largest absolute Gasteiger partial charge is 0.342 e. The van der Waals surface area contributed by atoms with Gasteiger partial charge in [0.25, 0.3) is 0 Å². The molecule has 2 bridgehead atoms. The van der Waals surface area contributed by atoms with Crippen molar-refractivity contribution in [2.45, 2.75) is 45.6 Å². The quantitative estimate of drug-likeness (QED) is 0.813. The highest BCUT2D eigenvalue weighted by Gasteiger charge is 2.50. The topological polar surface area (TPSA) is 46.3 Å². The summed E-state index contributed by atoms with van der Waals surface area (Å²) in [5.41, 5.74) is 6.28. The zero-order chi connectivity index (χ0) is 12.9. The van der Waals surface area contributed by atoms with Gasteiger partial charge in [0.1, 0.15) is 0 Å². The lowest BCUT2D eigenvalue weighted by Crippen LogP contribution is -2.46. The third kappa shape index (κ3) is 1.87. The number of nitrogens with two attached hydrogens (primary N) is 1. The standard InChI is InChI=1S/C15H26N2O/c1-9(2)12-5-6-17(8-12)15(18)13-10-3-4-11(7-10)14(13)16/h9-14H,3-8,16H2,1-2H3. The van der Waals surface area contributed by atoms with Crippen LogP contribution in [-0.4, -0.2) is 29.9 Å². The molecule has 1 heterocycles. The van der Waals surface area contributed by atoms with Crippen molar-refractivity contribution < 1.29 is 4.79 Å². The van der Waals surface area contributed by atoms with Gasteiger partial charge in [-0.3, -0.25) is 4.79 Å². The lowest BCUT2D eigenvalue weighted by molar-refractivity contribution is -0.136. The average Bonchev–Trinajstić information content (AvgIpc) is 3.03. The molecule has 0 spiro atoms.